The summed E-state index contributed by atoms with van der Waals surface area (Å²) in [5, 5.41) is 38.7. The van der Waals surface area contributed by atoms with Gasteiger partial charge in [-0.2, -0.15) is 0 Å². The zero-order chi connectivity index (χ0) is 12.9. The molecule has 1 rings (SSSR count). The number of hydrogen-bond acceptors (Lipinski definition) is 5. The first-order chi connectivity index (χ1) is 8.05. The molecule has 1 aromatic rings. The van der Waals surface area contributed by atoms with Gasteiger partial charge in [-0.25, -0.2) is 0 Å². The fourth-order valence-electron chi connectivity index (χ4n) is 1.52. The first kappa shape index (κ1) is 13.6. The Hall–Kier alpha value is -1.50. The number of nitrogens with zero attached hydrogens (tertiary/aromatic N) is 1. The molecule has 0 bridgehead atoms. The standard InChI is InChI=1S/C11H15NO5/c13-7-11(8-14,12(16)17)6-10(15)9-4-2-1-3-5-9/h1-5,10,13-15H,6-8H2. The summed E-state index contributed by atoms with van der Waals surface area (Å²) in [4.78, 5) is 10.1. The average molecular weight is 241 g/mol. The molecule has 1 aromatic carbocycles. The van der Waals surface area contributed by atoms with Gasteiger partial charge in [-0.15, -0.1) is 0 Å². The number of rotatable bonds is 6. The van der Waals surface area contributed by atoms with Gasteiger partial charge in [0.25, 0.3) is 5.54 Å². The third-order valence-corrected chi connectivity index (χ3v) is 2.73. The quantitative estimate of drug-likeness (QED) is 0.484. The minimum Gasteiger partial charge on any atom is -0.389 e. The zero-order valence-corrected chi connectivity index (χ0v) is 9.19. The van der Waals surface area contributed by atoms with E-state index >= 15 is 0 Å². The Bertz CT molecular complexity index is 363. The summed E-state index contributed by atoms with van der Waals surface area (Å²) < 4.78 is 0. The minimum absolute atomic E-state index is 0.336. The predicted octanol–water partition coefficient (Wildman–Crippen LogP) is 0.110. The number of benzene rings is 1. The van der Waals surface area contributed by atoms with Gasteiger partial charge in [0.2, 0.25) is 0 Å². The zero-order valence-electron chi connectivity index (χ0n) is 9.19. The van der Waals surface area contributed by atoms with E-state index in [1.54, 1.807) is 30.3 Å². The van der Waals surface area contributed by atoms with E-state index < -0.39 is 29.8 Å². The maximum absolute atomic E-state index is 10.8. The fraction of sp³-hybridized carbons (Fsp3) is 0.455. The number of hydrogen-bond donors (Lipinski definition) is 3. The van der Waals surface area contributed by atoms with Crippen molar-refractivity contribution in [3.8, 4) is 0 Å². The molecule has 0 fully saturated rings. The normalized spacial score (nSPS) is 13.4. The molecule has 0 aliphatic carbocycles. The largest absolute Gasteiger partial charge is 0.389 e. The van der Waals surface area contributed by atoms with Crippen molar-refractivity contribution < 1.29 is 20.2 Å². The molecule has 0 aliphatic rings. The summed E-state index contributed by atoms with van der Waals surface area (Å²) in [5.74, 6) is 0. The van der Waals surface area contributed by atoms with Crippen LogP contribution in [0.2, 0.25) is 0 Å². The summed E-state index contributed by atoms with van der Waals surface area (Å²) in [5.41, 5.74) is -1.39. The number of aliphatic hydroxyl groups excluding tert-OH is 3. The first-order valence-corrected chi connectivity index (χ1v) is 5.15. The lowest BCUT2D eigenvalue weighted by Crippen LogP contribution is -2.47. The summed E-state index contributed by atoms with van der Waals surface area (Å²) >= 11 is 0. The SMILES string of the molecule is O=[N+]([O-])C(CO)(CO)CC(O)c1ccccc1. The second-order valence-electron chi connectivity index (χ2n) is 3.93. The average Bonchev–Trinajstić information content (AvgIpc) is 2.36. The molecule has 3 N–H and O–H groups in total. The monoisotopic (exact) mass is 241 g/mol. The molecule has 0 radical (unpaired) electrons. The van der Waals surface area contributed by atoms with Crippen LogP contribution in [-0.2, 0) is 0 Å². The van der Waals surface area contributed by atoms with E-state index in [-0.39, 0.29) is 6.42 Å². The van der Waals surface area contributed by atoms with Gasteiger partial charge in [0.1, 0.15) is 13.2 Å². The molecule has 94 valence electrons. The molecular formula is C11H15NO5. The molecule has 17 heavy (non-hydrogen) atoms. The number of aliphatic hydroxyl groups is 3. The van der Waals surface area contributed by atoms with Crippen LogP contribution >= 0.6 is 0 Å². The van der Waals surface area contributed by atoms with Crippen molar-refractivity contribution in [2.24, 2.45) is 0 Å². The van der Waals surface area contributed by atoms with Crippen LogP contribution in [0.25, 0.3) is 0 Å². The molecule has 0 aliphatic heterocycles. The molecule has 0 saturated heterocycles. The summed E-state index contributed by atoms with van der Waals surface area (Å²) in [7, 11) is 0. The molecule has 1 atom stereocenters. The van der Waals surface area contributed by atoms with E-state index in [1.165, 1.54) is 0 Å². The molecule has 0 aromatic heterocycles. The third kappa shape index (κ3) is 3.00. The topological polar surface area (TPSA) is 104 Å². The summed E-state index contributed by atoms with van der Waals surface area (Å²) in [6.07, 6.45) is -1.43. The van der Waals surface area contributed by atoms with Crippen molar-refractivity contribution >= 4 is 0 Å². The highest BCUT2D eigenvalue weighted by atomic mass is 16.6. The molecule has 0 saturated carbocycles. The summed E-state index contributed by atoms with van der Waals surface area (Å²) in [6.45, 7) is -1.64. The van der Waals surface area contributed by atoms with Crippen molar-refractivity contribution in [3.63, 3.8) is 0 Å². The lowest BCUT2D eigenvalue weighted by molar-refractivity contribution is -0.580. The van der Waals surface area contributed by atoms with E-state index in [2.05, 4.69) is 0 Å². The first-order valence-electron chi connectivity index (χ1n) is 5.15. The lowest BCUT2D eigenvalue weighted by Gasteiger charge is -2.23. The van der Waals surface area contributed by atoms with Crippen molar-refractivity contribution in [3.05, 3.63) is 46.0 Å². The molecule has 0 spiro atoms. The highest BCUT2D eigenvalue weighted by Gasteiger charge is 2.44. The van der Waals surface area contributed by atoms with Crippen LogP contribution in [0.1, 0.15) is 18.1 Å². The lowest BCUT2D eigenvalue weighted by atomic mass is 9.91. The van der Waals surface area contributed by atoms with Gasteiger partial charge in [-0.05, 0) is 5.56 Å². The highest BCUT2D eigenvalue weighted by molar-refractivity contribution is 5.17. The van der Waals surface area contributed by atoms with Crippen LogP contribution < -0.4 is 0 Å². The third-order valence-electron chi connectivity index (χ3n) is 2.73. The van der Waals surface area contributed by atoms with E-state index in [1.807, 2.05) is 0 Å². The molecule has 6 heteroatoms. The Morgan fingerprint density at radius 1 is 1.24 bits per heavy atom. The molecular weight excluding hydrogens is 226 g/mol. The number of nitro groups is 1. The van der Waals surface area contributed by atoms with Gasteiger partial charge >= 0.3 is 0 Å². The Balaban J connectivity index is 2.85. The maximum Gasteiger partial charge on any atom is 0.270 e. The second-order valence-corrected chi connectivity index (χ2v) is 3.93. The van der Waals surface area contributed by atoms with Crippen molar-refractivity contribution in [1.29, 1.82) is 0 Å². The Morgan fingerprint density at radius 2 is 1.76 bits per heavy atom. The van der Waals surface area contributed by atoms with E-state index in [0.717, 1.165) is 0 Å². The Labute approximate surface area is 98.3 Å². The summed E-state index contributed by atoms with van der Waals surface area (Å²) in [6, 6.07) is 8.41. The van der Waals surface area contributed by atoms with E-state index in [4.69, 9.17) is 10.2 Å². The van der Waals surface area contributed by atoms with Crippen molar-refractivity contribution in [1.82, 2.24) is 0 Å². The van der Waals surface area contributed by atoms with Crippen LogP contribution in [0.3, 0.4) is 0 Å². The van der Waals surface area contributed by atoms with Gasteiger partial charge in [0.15, 0.2) is 0 Å². The fourth-order valence-corrected chi connectivity index (χ4v) is 1.52. The van der Waals surface area contributed by atoms with Gasteiger partial charge < -0.3 is 15.3 Å². The van der Waals surface area contributed by atoms with Gasteiger partial charge in [0, 0.05) is 4.92 Å². The van der Waals surface area contributed by atoms with E-state index in [9.17, 15) is 15.2 Å². The van der Waals surface area contributed by atoms with Gasteiger partial charge in [0.05, 0.1) is 12.5 Å². The van der Waals surface area contributed by atoms with Crippen LogP contribution in [-0.4, -0.2) is 39.0 Å². The second kappa shape index (κ2) is 5.72. The maximum atomic E-state index is 10.8. The molecule has 0 heterocycles. The molecule has 6 nitrogen and oxygen atoms in total. The molecule has 1 unspecified atom stereocenters. The van der Waals surface area contributed by atoms with Gasteiger partial charge in [-0.3, -0.25) is 10.1 Å². The predicted molar refractivity (Wildman–Crippen MR) is 59.9 cm³/mol. The minimum atomic E-state index is -1.91. The van der Waals surface area contributed by atoms with Crippen molar-refractivity contribution in [2.45, 2.75) is 18.1 Å². The van der Waals surface area contributed by atoms with Crippen LogP contribution in [0.5, 0.6) is 0 Å². The van der Waals surface area contributed by atoms with Crippen LogP contribution in [0, 0.1) is 10.1 Å². The van der Waals surface area contributed by atoms with Crippen LogP contribution in [0.15, 0.2) is 30.3 Å². The van der Waals surface area contributed by atoms with E-state index in [0.29, 0.717) is 5.56 Å². The highest BCUT2D eigenvalue weighted by Crippen LogP contribution is 2.25. The Morgan fingerprint density at radius 3 is 2.18 bits per heavy atom. The van der Waals surface area contributed by atoms with Crippen molar-refractivity contribution in [2.75, 3.05) is 13.2 Å². The smallest absolute Gasteiger partial charge is 0.270 e. The van der Waals surface area contributed by atoms with Gasteiger partial charge in [-0.1, -0.05) is 30.3 Å². The van der Waals surface area contributed by atoms with Crippen LogP contribution in [0.4, 0.5) is 0 Å². The molecule has 0 amide bonds. The Kier molecular flexibility index (Phi) is 4.56.